The summed E-state index contributed by atoms with van der Waals surface area (Å²) in [5.41, 5.74) is 0.925. The Labute approximate surface area is 158 Å². The molecule has 0 aromatic carbocycles. The third-order valence-corrected chi connectivity index (χ3v) is 6.66. The van der Waals surface area contributed by atoms with E-state index in [4.69, 9.17) is 0 Å². The second kappa shape index (κ2) is 6.88. The molecule has 5 heteroatoms. The molecule has 2 aliphatic heterocycles. The quantitative estimate of drug-likeness (QED) is 0.575. The first kappa shape index (κ1) is 19.2. The van der Waals surface area contributed by atoms with Gasteiger partial charge in [0.1, 0.15) is 11.6 Å². The van der Waals surface area contributed by atoms with Crippen molar-refractivity contribution in [3.05, 3.63) is 11.8 Å². The first-order chi connectivity index (χ1) is 12.1. The molecule has 1 amide bonds. The van der Waals surface area contributed by atoms with Crippen LogP contribution in [-0.4, -0.2) is 66.4 Å². The van der Waals surface area contributed by atoms with Crippen LogP contribution >= 0.6 is 0 Å². The molecule has 0 N–H and O–H groups in total. The van der Waals surface area contributed by atoms with E-state index < -0.39 is 0 Å². The fourth-order valence-electron chi connectivity index (χ4n) is 5.69. The summed E-state index contributed by atoms with van der Waals surface area (Å²) in [6.07, 6.45) is 7.35. The smallest absolute Gasteiger partial charge is 0.265 e. The van der Waals surface area contributed by atoms with Crippen LogP contribution < -0.4 is 0 Å². The van der Waals surface area contributed by atoms with E-state index in [2.05, 4.69) is 43.7 Å². The number of nitriles is 1. The summed E-state index contributed by atoms with van der Waals surface area (Å²) in [4.78, 5) is 19.3. The summed E-state index contributed by atoms with van der Waals surface area (Å²) < 4.78 is 0. The second-order valence-corrected chi connectivity index (χ2v) is 9.99. The van der Waals surface area contributed by atoms with Gasteiger partial charge in [-0.15, -0.1) is 0 Å². The summed E-state index contributed by atoms with van der Waals surface area (Å²) in [7, 11) is 3.97. The fourth-order valence-corrected chi connectivity index (χ4v) is 5.69. The van der Waals surface area contributed by atoms with Crippen LogP contribution in [0.2, 0.25) is 0 Å². The number of rotatable bonds is 3. The Bertz CT molecular complexity index is 626. The Morgan fingerprint density at radius 3 is 2.50 bits per heavy atom. The van der Waals surface area contributed by atoms with Gasteiger partial charge >= 0.3 is 0 Å². The van der Waals surface area contributed by atoms with Gasteiger partial charge in [0, 0.05) is 31.9 Å². The van der Waals surface area contributed by atoms with Gasteiger partial charge in [0.25, 0.3) is 5.91 Å². The summed E-state index contributed by atoms with van der Waals surface area (Å²) in [6, 6.07) is 2.88. The molecule has 2 saturated heterocycles. The van der Waals surface area contributed by atoms with Gasteiger partial charge in [0.2, 0.25) is 0 Å². The Morgan fingerprint density at radius 2 is 1.88 bits per heavy atom. The molecule has 2 atom stereocenters. The Morgan fingerprint density at radius 1 is 1.23 bits per heavy atom. The van der Waals surface area contributed by atoms with Gasteiger partial charge in [0.15, 0.2) is 0 Å². The van der Waals surface area contributed by atoms with Crippen LogP contribution in [0.4, 0.5) is 0 Å². The number of fused-ring (bicyclic) bond motifs is 2. The number of hydrogen-bond acceptors (Lipinski definition) is 4. The lowest BCUT2D eigenvalue weighted by atomic mass is 9.65. The van der Waals surface area contributed by atoms with Gasteiger partial charge in [-0.05, 0) is 63.1 Å². The molecule has 3 fully saturated rings. The monoisotopic (exact) mass is 358 g/mol. The third-order valence-electron chi connectivity index (χ3n) is 6.66. The molecule has 144 valence electrons. The topological polar surface area (TPSA) is 50.6 Å². The minimum atomic E-state index is -0.118. The van der Waals surface area contributed by atoms with Crippen molar-refractivity contribution >= 4 is 5.91 Å². The van der Waals surface area contributed by atoms with E-state index in [0.717, 1.165) is 38.9 Å². The molecule has 26 heavy (non-hydrogen) atoms. The summed E-state index contributed by atoms with van der Waals surface area (Å²) >= 11 is 0. The number of nitrogens with zero attached hydrogens (tertiary/aromatic N) is 4. The predicted octanol–water partition coefficient (Wildman–Crippen LogP) is 2.85. The first-order valence-electron chi connectivity index (χ1n) is 9.96. The van der Waals surface area contributed by atoms with Crippen LogP contribution in [0.3, 0.4) is 0 Å². The molecule has 1 saturated carbocycles. The van der Waals surface area contributed by atoms with Gasteiger partial charge < -0.3 is 14.7 Å². The molecule has 0 aromatic rings. The molecule has 5 nitrogen and oxygen atoms in total. The zero-order valence-corrected chi connectivity index (χ0v) is 17.1. The van der Waals surface area contributed by atoms with Gasteiger partial charge in [0.05, 0.1) is 0 Å². The van der Waals surface area contributed by atoms with E-state index >= 15 is 0 Å². The van der Waals surface area contributed by atoms with Crippen molar-refractivity contribution in [3.8, 4) is 6.07 Å². The van der Waals surface area contributed by atoms with Crippen LogP contribution in [0.1, 0.15) is 52.9 Å². The average Bonchev–Trinajstić information content (AvgIpc) is 2.80. The highest BCUT2D eigenvalue weighted by Gasteiger charge is 2.49. The minimum Gasteiger partial charge on any atom is -0.373 e. The molecule has 0 radical (unpaired) electrons. The van der Waals surface area contributed by atoms with Crippen molar-refractivity contribution < 1.29 is 4.79 Å². The molecule has 0 aromatic heterocycles. The summed E-state index contributed by atoms with van der Waals surface area (Å²) in [6.45, 7) is 10.0. The highest BCUT2D eigenvalue weighted by molar-refractivity contribution is 5.97. The number of carbonyl (C=O) groups is 1. The molecule has 2 unspecified atom stereocenters. The highest BCUT2D eigenvalue weighted by atomic mass is 16.2. The van der Waals surface area contributed by atoms with E-state index in [1.165, 1.54) is 12.8 Å². The standard InChI is InChI=1S/C21H34N4O/c1-20(2)10-18-11-21(3,14-20)15-25(18)13-16(12-22)19(26)24(5)17-6-8-23(4)9-7-17/h13,17-18H,6-11,14-15H2,1-5H3/b16-13-. The van der Waals surface area contributed by atoms with Gasteiger partial charge in [-0.1, -0.05) is 20.8 Å². The zero-order valence-electron chi connectivity index (χ0n) is 17.1. The lowest BCUT2D eigenvalue weighted by Crippen LogP contribution is -2.45. The van der Waals surface area contributed by atoms with Crippen molar-refractivity contribution in [3.63, 3.8) is 0 Å². The fraction of sp³-hybridized carbons (Fsp3) is 0.810. The van der Waals surface area contributed by atoms with Crippen LogP contribution in [0.25, 0.3) is 0 Å². The molecular formula is C21H34N4O. The van der Waals surface area contributed by atoms with E-state index in [1.54, 1.807) is 4.90 Å². The van der Waals surface area contributed by atoms with Crippen molar-refractivity contribution in [1.82, 2.24) is 14.7 Å². The number of hydrogen-bond donors (Lipinski definition) is 0. The summed E-state index contributed by atoms with van der Waals surface area (Å²) in [5, 5.41) is 9.65. The SMILES string of the molecule is CN1CCC(N(C)C(=O)/C(C#N)=C\N2CC3(C)CC2CC(C)(C)C3)CC1. The maximum absolute atomic E-state index is 12.9. The van der Waals surface area contributed by atoms with Crippen molar-refractivity contribution in [2.75, 3.05) is 33.7 Å². The van der Waals surface area contributed by atoms with Crippen LogP contribution in [-0.2, 0) is 4.79 Å². The van der Waals surface area contributed by atoms with Gasteiger partial charge in [-0.25, -0.2) is 0 Å². The predicted molar refractivity (Wildman–Crippen MR) is 103 cm³/mol. The average molecular weight is 359 g/mol. The highest BCUT2D eigenvalue weighted by Crippen LogP contribution is 2.52. The molecule has 3 aliphatic rings. The second-order valence-electron chi connectivity index (χ2n) is 9.99. The van der Waals surface area contributed by atoms with Crippen molar-refractivity contribution in [2.24, 2.45) is 10.8 Å². The maximum atomic E-state index is 12.9. The zero-order chi connectivity index (χ0) is 19.1. The Kier molecular flexibility index (Phi) is 5.09. The van der Waals surface area contributed by atoms with Crippen LogP contribution in [0, 0.1) is 22.2 Å². The van der Waals surface area contributed by atoms with Crippen LogP contribution in [0.5, 0.6) is 0 Å². The van der Waals surface area contributed by atoms with Crippen LogP contribution in [0.15, 0.2) is 11.8 Å². The number of likely N-dealkylation sites (N-methyl/N-ethyl adjacent to an activating group) is 1. The van der Waals surface area contributed by atoms with Gasteiger partial charge in [-0.3, -0.25) is 4.79 Å². The Balaban J connectivity index is 1.72. The molecular weight excluding hydrogens is 324 g/mol. The minimum absolute atomic E-state index is 0.118. The molecule has 0 spiro atoms. The molecule has 1 aliphatic carbocycles. The number of carbonyl (C=O) groups excluding carboxylic acids is 1. The van der Waals surface area contributed by atoms with E-state index in [0.29, 0.717) is 22.4 Å². The molecule has 2 heterocycles. The Hall–Kier alpha value is -1.54. The third kappa shape index (κ3) is 3.91. The lowest BCUT2D eigenvalue weighted by Gasteiger charge is -2.39. The van der Waals surface area contributed by atoms with E-state index in [1.807, 2.05) is 13.2 Å². The number of likely N-dealkylation sites (tertiary alicyclic amines) is 2. The normalized spacial score (nSPS) is 32.4. The van der Waals surface area contributed by atoms with E-state index in [-0.39, 0.29) is 11.9 Å². The van der Waals surface area contributed by atoms with Crippen molar-refractivity contribution in [1.29, 1.82) is 5.26 Å². The first-order valence-corrected chi connectivity index (χ1v) is 9.96. The largest absolute Gasteiger partial charge is 0.373 e. The summed E-state index contributed by atoms with van der Waals surface area (Å²) in [5.74, 6) is -0.118. The van der Waals surface area contributed by atoms with E-state index in [9.17, 15) is 10.1 Å². The van der Waals surface area contributed by atoms with Crippen molar-refractivity contribution in [2.45, 2.75) is 65.0 Å². The molecule has 2 bridgehead atoms. The maximum Gasteiger partial charge on any atom is 0.265 e. The number of amides is 1. The van der Waals surface area contributed by atoms with Gasteiger partial charge in [-0.2, -0.15) is 5.26 Å². The number of piperidine rings is 1. The lowest BCUT2D eigenvalue weighted by molar-refractivity contribution is -0.128. The molecule has 3 rings (SSSR count).